The second-order valence-corrected chi connectivity index (χ2v) is 2.50. The van der Waals surface area contributed by atoms with E-state index in [2.05, 4.69) is 15.9 Å². The van der Waals surface area contributed by atoms with E-state index in [-0.39, 0.29) is 5.88 Å². The molecule has 0 spiro atoms. The van der Waals surface area contributed by atoms with Crippen LogP contribution in [-0.4, -0.2) is 7.11 Å². The van der Waals surface area contributed by atoms with Gasteiger partial charge in [-0.05, 0) is 6.07 Å². The normalized spacial score (nSPS) is 9.40. The molecule has 0 unspecified atom stereocenters. The summed E-state index contributed by atoms with van der Waals surface area (Å²) in [5, 5.41) is 10.9. The average Bonchev–Trinajstić information content (AvgIpc) is 1.95. The molecule has 0 aliphatic carbocycles. The summed E-state index contributed by atoms with van der Waals surface area (Å²) in [5.74, 6) is 0.286. The molecule has 0 radical (unpaired) electrons. The first-order chi connectivity index (χ1) is 4.75. The van der Waals surface area contributed by atoms with Gasteiger partial charge in [-0.3, -0.25) is 0 Å². The fourth-order valence-corrected chi connectivity index (χ4v) is 0.929. The highest BCUT2D eigenvalue weighted by Crippen LogP contribution is 2.07. The third kappa shape index (κ3) is 1.21. The van der Waals surface area contributed by atoms with Crippen molar-refractivity contribution in [2.24, 2.45) is 0 Å². The molecule has 0 fully saturated rings. The van der Waals surface area contributed by atoms with Crippen molar-refractivity contribution in [3.8, 4) is 5.88 Å². The minimum Gasteiger partial charge on any atom is -0.615 e. The van der Waals surface area contributed by atoms with Crippen molar-refractivity contribution in [1.29, 1.82) is 0 Å². The minimum atomic E-state index is 0.286. The van der Waals surface area contributed by atoms with Gasteiger partial charge in [0.2, 0.25) is 0 Å². The molecular weight excluding hydrogens is 198 g/mol. The molecule has 0 amide bonds. The molecular formula is C6H6BrNO2. The molecule has 0 atom stereocenters. The van der Waals surface area contributed by atoms with Gasteiger partial charge in [-0.25, -0.2) is 0 Å². The fraction of sp³-hybridized carbons (Fsp3) is 0.167. The number of rotatable bonds is 1. The number of aromatic nitrogens is 1. The quantitative estimate of drug-likeness (QED) is 0.390. The maximum absolute atomic E-state index is 10.9. The van der Waals surface area contributed by atoms with Crippen LogP contribution in [0.2, 0.25) is 0 Å². The Bertz CT molecular complexity index is 239. The Balaban J connectivity index is 3.14. The van der Waals surface area contributed by atoms with Gasteiger partial charge in [0.25, 0.3) is 4.60 Å². The van der Waals surface area contributed by atoms with E-state index in [9.17, 15) is 5.21 Å². The molecule has 1 rings (SSSR count). The lowest BCUT2D eigenvalue weighted by Gasteiger charge is -2.02. The summed E-state index contributed by atoms with van der Waals surface area (Å²) in [6.07, 6.45) is 0. The number of nitrogens with zero attached hydrogens (tertiary/aromatic N) is 1. The number of halogens is 1. The number of methoxy groups -OCH3 is 1. The van der Waals surface area contributed by atoms with Crippen LogP contribution in [0.25, 0.3) is 0 Å². The van der Waals surface area contributed by atoms with E-state index in [4.69, 9.17) is 4.74 Å². The van der Waals surface area contributed by atoms with E-state index in [1.807, 2.05) is 0 Å². The highest BCUT2D eigenvalue weighted by Gasteiger charge is 2.05. The van der Waals surface area contributed by atoms with Crippen LogP contribution in [0.5, 0.6) is 5.88 Å². The predicted molar refractivity (Wildman–Crippen MR) is 39.7 cm³/mol. The maximum atomic E-state index is 10.9. The fourth-order valence-electron chi connectivity index (χ4n) is 0.601. The first-order valence-electron chi connectivity index (χ1n) is 2.68. The summed E-state index contributed by atoms with van der Waals surface area (Å²) in [7, 11) is 1.45. The van der Waals surface area contributed by atoms with Crippen molar-refractivity contribution in [2.45, 2.75) is 0 Å². The molecule has 3 nitrogen and oxygen atoms in total. The second kappa shape index (κ2) is 2.88. The second-order valence-electron chi connectivity index (χ2n) is 1.69. The topological polar surface area (TPSA) is 36.2 Å². The lowest BCUT2D eigenvalue weighted by molar-refractivity contribution is -0.623. The molecule has 0 saturated heterocycles. The Hall–Kier alpha value is -0.770. The van der Waals surface area contributed by atoms with Crippen molar-refractivity contribution in [3.05, 3.63) is 28.0 Å². The van der Waals surface area contributed by atoms with E-state index >= 15 is 0 Å². The van der Waals surface area contributed by atoms with Gasteiger partial charge in [0.05, 0.1) is 13.2 Å². The number of pyridine rings is 1. The molecule has 4 heteroatoms. The van der Waals surface area contributed by atoms with Crippen molar-refractivity contribution >= 4 is 15.9 Å². The Morgan fingerprint density at radius 3 is 2.80 bits per heavy atom. The van der Waals surface area contributed by atoms with Crippen LogP contribution < -0.4 is 9.47 Å². The summed E-state index contributed by atoms with van der Waals surface area (Å²) in [6.45, 7) is 0. The van der Waals surface area contributed by atoms with Crippen LogP contribution in [0.15, 0.2) is 22.8 Å². The zero-order valence-electron chi connectivity index (χ0n) is 5.37. The highest BCUT2D eigenvalue weighted by atomic mass is 79.9. The SMILES string of the molecule is COc1cccc(Br)[n+]1[O-]. The van der Waals surface area contributed by atoms with Crippen LogP contribution >= 0.6 is 15.9 Å². The molecule has 0 saturated carbocycles. The van der Waals surface area contributed by atoms with E-state index < -0.39 is 0 Å². The minimum absolute atomic E-state index is 0.286. The molecule has 10 heavy (non-hydrogen) atoms. The van der Waals surface area contributed by atoms with Crippen molar-refractivity contribution in [2.75, 3.05) is 7.11 Å². The van der Waals surface area contributed by atoms with Gasteiger partial charge < -0.3 is 9.94 Å². The number of ether oxygens (including phenoxy) is 1. The third-order valence-corrected chi connectivity index (χ3v) is 1.66. The van der Waals surface area contributed by atoms with E-state index in [0.717, 1.165) is 0 Å². The summed E-state index contributed by atoms with van der Waals surface area (Å²) in [5.41, 5.74) is 0. The first kappa shape index (κ1) is 7.34. The van der Waals surface area contributed by atoms with Gasteiger partial charge >= 0.3 is 5.88 Å². The van der Waals surface area contributed by atoms with E-state index in [0.29, 0.717) is 9.33 Å². The van der Waals surface area contributed by atoms with Crippen molar-refractivity contribution in [1.82, 2.24) is 0 Å². The van der Waals surface area contributed by atoms with Crippen molar-refractivity contribution < 1.29 is 9.47 Å². The Kier molecular flexibility index (Phi) is 2.11. The zero-order valence-corrected chi connectivity index (χ0v) is 6.96. The van der Waals surface area contributed by atoms with E-state index in [1.54, 1.807) is 18.2 Å². The summed E-state index contributed by atoms with van der Waals surface area (Å²) < 4.78 is 5.86. The van der Waals surface area contributed by atoms with Crippen LogP contribution in [-0.2, 0) is 0 Å². The van der Waals surface area contributed by atoms with E-state index in [1.165, 1.54) is 7.11 Å². The van der Waals surface area contributed by atoms with Gasteiger partial charge in [-0.2, -0.15) is 0 Å². The Morgan fingerprint density at radius 1 is 1.60 bits per heavy atom. The summed E-state index contributed by atoms with van der Waals surface area (Å²) in [6, 6.07) is 4.98. The van der Waals surface area contributed by atoms with Crippen molar-refractivity contribution in [3.63, 3.8) is 0 Å². The number of hydrogen-bond acceptors (Lipinski definition) is 2. The van der Waals surface area contributed by atoms with Gasteiger partial charge in [0, 0.05) is 22.0 Å². The molecule has 0 bridgehead atoms. The average molecular weight is 204 g/mol. The maximum Gasteiger partial charge on any atom is 0.380 e. The standard InChI is InChI=1S/C6H6BrNO2/c1-10-6-4-2-3-5(7)8(6)9/h2-4H,1H3. The summed E-state index contributed by atoms with van der Waals surface area (Å²) >= 11 is 3.06. The number of hydrogen-bond donors (Lipinski definition) is 0. The molecule has 0 aromatic carbocycles. The third-order valence-electron chi connectivity index (χ3n) is 1.08. The molecule has 0 aliphatic heterocycles. The van der Waals surface area contributed by atoms with Gasteiger partial charge in [-0.1, -0.05) is 0 Å². The Morgan fingerprint density at radius 2 is 2.30 bits per heavy atom. The molecule has 0 aliphatic rings. The van der Waals surface area contributed by atoms with Crippen LogP contribution in [0.3, 0.4) is 0 Å². The Labute approximate surface area is 67.0 Å². The van der Waals surface area contributed by atoms with Gasteiger partial charge in [0.1, 0.15) is 0 Å². The molecule has 0 N–H and O–H groups in total. The predicted octanol–water partition coefficient (Wildman–Crippen LogP) is 1.09. The largest absolute Gasteiger partial charge is 0.615 e. The molecule has 54 valence electrons. The summed E-state index contributed by atoms with van der Waals surface area (Å²) in [4.78, 5) is 0. The molecule has 1 heterocycles. The van der Waals surface area contributed by atoms with Crippen LogP contribution in [0, 0.1) is 5.21 Å². The first-order valence-corrected chi connectivity index (χ1v) is 3.47. The molecule has 1 aromatic heterocycles. The lowest BCUT2D eigenvalue weighted by atomic mass is 10.5. The van der Waals surface area contributed by atoms with Gasteiger partial charge in [-0.15, -0.1) is 4.73 Å². The van der Waals surface area contributed by atoms with Crippen LogP contribution in [0.4, 0.5) is 0 Å². The van der Waals surface area contributed by atoms with Crippen LogP contribution in [0.1, 0.15) is 0 Å². The van der Waals surface area contributed by atoms with Gasteiger partial charge in [0.15, 0.2) is 0 Å². The molecule has 1 aromatic rings. The monoisotopic (exact) mass is 203 g/mol. The lowest BCUT2D eigenvalue weighted by Crippen LogP contribution is -2.29. The smallest absolute Gasteiger partial charge is 0.380 e. The highest BCUT2D eigenvalue weighted by molar-refractivity contribution is 9.10. The zero-order chi connectivity index (χ0) is 7.56.